The average molecular weight is 215 g/mol. The van der Waals surface area contributed by atoms with Crippen molar-refractivity contribution in [1.29, 1.82) is 0 Å². The first-order valence-electron chi connectivity index (χ1n) is 5.67. The number of nitrogens with two attached hydrogens (primary N) is 1. The summed E-state index contributed by atoms with van der Waals surface area (Å²) in [6, 6.07) is -0.325. The number of rotatable bonds is 6. The third-order valence-electron chi connectivity index (χ3n) is 2.13. The molecule has 3 heteroatoms. The Morgan fingerprint density at radius 2 is 1.87 bits per heavy atom. The van der Waals surface area contributed by atoms with Crippen LogP contribution in [0.15, 0.2) is 0 Å². The van der Waals surface area contributed by atoms with E-state index in [-0.39, 0.29) is 23.3 Å². The predicted octanol–water partition coefficient (Wildman–Crippen LogP) is 2.13. The molecule has 0 saturated carbocycles. The zero-order chi connectivity index (χ0) is 12.1. The number of hydrogen-bond acceptors (Lipinski definition) is 3. The Bertz CT molecular complexity index is 194. The van der Waals surface area contributed by atoms with Crippen molar-refractivity contribution in [3.05, 3.63) is 0 Å². The molecule has 3 nitrogen and oxygen atoms in total. The van der Waals surface area contributed by atoms with Gasteiger partial charge in [0.25, 0.3) is 0 Å². The van der Waals surface area contributed by atoms with Crippen LogP contribution in [0.5, 0.6) is 0 Å². The van der Waals surface area contributed by atoms with Crippen molar-refractivity contribution in [2.75, 3.05) is 6.61 Å². The molecular weight excluding hydrogens is 190 g/mol. The quantitative estimate of drug-likeness (QED) is 0.691. The van der Waals surface area contributed by atoms with Gasteiger partial charge in [0.1, 0.15) is 0 Å². The molecule has 1 atom stereocenters. The monoisotopic (exact) mass is 215 g/mol. The molecule has 0 bridgehead atoms. The lowest BCUT2D eigenvalue weighted by molar-refractivity contribution is -0.123. The maximum absolute atomic E-state index is 11.5. The van der Waals surface area contributed by atoms with Crippen LogP contribution in [0, 0.1) is 5.92 Å². The van der Waals surface area contributed by atoms with E-state index in [1.807, 2.05) is 34.6 Å². The minimum atomic E-state index is -0.325. The molecule has 0 aromatic rings. The van der Waals surface area contributed by atoms with Crippen molar-refractivity contribution in [3.63, 3.8) is 0 Å². The third kappa shape index (κ3) is 7.51. The van der Waals surface area contributed by atoms with Gasteiger partial charge in [0.15, 0.2) is 5.78 Å². The lowest BCUT2D eigenvalue weighted by Gasteiger charge is -2.20. The highest BCUT2D eigenvalue weighted by molar-refractivity contribution is 5.85. The van der Waals surface area contributed by atoms with Crippen molar-refractivity contribution in [2.24, 2.45) is 11.7 Å². The molecule has 0 spiro atoms. The van der Waals surface area contributed by atoms with E-state index in [1.54, 1.807) is 0 Å². The van der Waals surface area contributed by atoms with Crippen LogP contribution in [-0.4, -0.2) is 24.0 Å². The minimum absolute atomic E-state index is 0.0311. The van der Waals surface area contributed by atoms with Crippen molar-refractivity contribution in [3.8, 4) is 0 Å². The molecule has 2 N–H and O–H groups in total. The Morgan fingerprint density at radius 3 is 2.27 bits per heavy atom. The molecule has 0 heterocycles. The van der Waals surface area contributed by atoms with Crippen LogP contribution >= 0.6 is 0 Å². The largest absolute Gasteiger partial charge is 0.376 e. The van der Waals surface area contributed by atoms with E-state index < -0.39 is 0 Å². The van der Waals surface area contributed by atoms with Gasteiger partial charge in [-0.1, -0.05) is 13.8 Å². The van der Waals surface area contributed by atoms with Crippen LogP contribution in [0.1, 0.15) is 47.5 Å². The summed E-state index contributed by atoms with van der Waals surface area (Å²) in [4.78, 5) is 11.5. The van der Waals surface area contributed by atoms with E-state index in [4.69, 9.17) is 10.5 Å². The van der Waals surface area contributed by atoms with Crippen LogP contribution in [0.25, 0.3) is 0 Å². The van der Waals surface area contributed by atoms with E-state index in [0.717, 1.165) is 6.42 Å². The molecule has 0 fully saturated rings. The molecule has 0 amide bonds. The second-order valence-corrected chi connectivity index (χ2v) is 5.27. The Morgan fingerprint density at radius 1 is 1.33 bits per heavy atom. The summed E-state index contributed by atoms with van der Waals surface area (Å²) in [7, 11) is 0. The Kier molecular flexibility index (Phi) is 6.06. The highest BCUT2D eigenvalue weighted by Gasteiger charge is 2.17. The predicted molar refractivity (Wildman–Crippen MR) is 62.8 cm³/mol. The first-order valence-corrected chi connectivity index (χ1v) is 5.67. The van der Waals surface area contributed by atoms with E-state index in [0.29, 0.717) is 13.0 Å². The molecule has 15 heavy (non-hydrogen) atoms. The van der Waals surface area contributed by atoms with Gasteiger partial charge >= 0.3 is 0 Å². The summed E-state index contributed by atoms with van der Waals surface area (Å²) in [5.74, 6) is 0.175. The fraction of sp³-hybridized carbons (Fsp3) is 0.917. The van der Waals surface area contributed by atoms with Gasteiger partial charge in [-0.15, -0.1) is 0 Å². The summed E-state index contributed by atoms with van der Waals surface area (Å²) < 4.78 is 5.55. The Hall–Kier alpha value is -0.410. The lowest BCUT2D eigenvalue weighted by Crippen LogP contribution is -2.34. The van der Waals surface area contributed by atoms with Crippen LogP contribution in [0.4, 0.5) is 0 Å². The van der Waals surface area contributed by atoms with Gasteiger partial charge in [-0.3, -0.25) is 4.79 Å². The van der Waals surface area contributed by atoms with Gasteiger partial charge < -0.3 is 10.5 Å². The van der Waals surface area contributed by atoms with Crippen LogP contribution < -0.4 is 5.73 Å². The SMILES string of the molecule is CC(C)C(=O)C(N)CCCOC(C)(C)C. The van der Waals surface area contributed by atoms with Crippen LogP contribution in [0.3, 0.4) is 0 Å². The summed E-state index contributed by atoms with van der Waals surface area (Å²) in [6.45, 7) is 10.5. The van der Waals surface area contributed by atoms with Gasteiger partial charge in [0.2, 0.25) is 0 Å². The standard InChI is InChI=1S/C12H25NO2/c1-9(2)11(14)10(13)7-6-8-15-12(3,4)5/h9-10H,6-8,13H2,1-5H3. The van der Waals surface area contributed by atoms with Gasteiger partial charge in [-0.05, 0) is 33.6 Å². The number of Topliss-reactive ketones (excluding diaryl/α,β-unsaturated/α-hetero) is 1. The maximum Gasteiger partial charge on any atom is 0.152 e. The molecule has 0 aliphatic rings. The lowest BCUT2D eigenvalue weighted by atomic mass is 9.99. The number of ketones is 1. The fourth-order valence-corrected chi connectivity index (χ4v) is 1.25. The Labute approximate surface area is 93.4 Å². The molecule has 0 radical (unpaired) electrons. The van der Waals surface area contributed by atoms with E-state index in [9.17, 15) is 4.79 Å². The summed E-state index contributed by atoms with van der Waals surface area (Å²) in [5.41, 5.74) is 5.66. The normalized spacial score (nSPS) is 14.3. The third-order valence-corrected chi connectivity index (χ3v) is 2.13. The first kappa shape index (κ1) is 14.6. The molecule has 0 aliphatic heterocycles. The van der Waals surface area contributed by atoms with Crippen LogP contribution in [0.2, 0.25) is 0 Å². The highest BCUT2D eigenvalue weighted by Crippen LogP contribution is 2.09. The smallest absolute Gasteiger partial charge is 0.152 e. The summed E-state index contributed by atoms with van der Waals surface area (Å²) in [5, 5.41) is 0. The molecule has 90 valence electrons. The van der Waals surface area contributed by atoms with Crippen molar-refractivity contribution >= 4 is 5.78 Å². The van der Waals surface area contributed by atoms with E-state index in [2.05, 4.69) is 0 Å². The molecular formula is C12H25NO2. The number of carbonyl (C=O) groups is 1. The minimum Gasteiger partial charge on any atom is -0.376 e. The second-order valence-electron chi connectivity index (χ2n) is 5.27. The molecule has 0 aromatic carbocycles. The maximum atomic E-state index is 11.5. The van der Waals surface area contributed by atoms with Gasteiger partial charge in [0.05, 0.1) is 11.6 Å². The summed E-state index contributed by atoms with van der Waals surface area (Å²) >= 11 is 0. The van der Waals surface area contributed by atoms with E-state index in [1.165, 1.54) is 0 Å². The molecule has 0 aromatic heterocycles. The number of carbonyl (C=O) groups excluding carboxylic acids is 1. The van der Waals surface area contributed by atoms with Gasteiger partial charge in [0, 0.05) is 12.5 Å². The zero-order valence-corrected chi connectivity index (χ0v) is 10.7. The van der Waals surface area contributed by atoms with Crippen molar-refractivity contribution in [2.45, 2.75) is 59.1 Å². The fourth-order valence-electron chi connectivity index (χ4n) is 1.25. The molecule has 1 unspecified atom stereocenters. The second kappa shape index (κ2) is 6.23. The summed E-state index contributed by atoms with van der Waals surface area (Å²) in [6.07, 6.45) is 1.56. The molecule has 0 saturated heterocycles. The van der Waals surface area contributed by atoms with Crippen LogP contribution in [-0.2, 0) is 9.53 Å². The molecule has 0 aliphatic carbocycles. The first-order chi connectivity index (χ1) is 6.74. The van der Waals surface area contributed by atoms with Gasteiger partial charge in [-0.25, -0.2) is 0 Å². The molecule has 0 rings (SSSR count). The van der Waals surface area contributed by atoms with Gasteiger partial charge in [-0.2, -0.15) is 0 Å². The Balaban J connectivity index is 3.65. The number of hydrogen-bond donors (Lipinski definition) is 1. The van der Waals surface area contributed by atoms with Crippen molar-refractivity contribution in [1.82, 2.24) is 0 Å². The average Bonchev–Trinajstić information content (AvgIpc) is 2.09. The van der Waals surface area contributed by atoms with Crippen molar-refractivity contribution < 1.29 is 9.53 Å². The number of ether oxygens (including phenoxy) is 1. The zero-order valence-electron chi connectivity index (χ0n) is 10.7. The highest BCUT2D eigenvalue weighted by atomic mass is 16.5. The topological polar surface area (TPSA) is 52.3 Å². The van der Waals surface area contributed by atoms with E-state index >= 15 is 0 Å².